The number of rotatable bonds is 8. The van der Waals surface area contributed by atoms with Gasteiger partial charge < -0.3 is 9.84 Å². The van der Waals surface area contributed by atoms with Crippen LogP contribution in [0.4, 0.5) is 8.78 Å². The standard InChI is InChI=1S/C27H24F2N6O3S/c1-3-38-25(30)18-6-4-17(5-7-18)23-11-22-24(39-23)26(36)35(15-32-22)16(2)27(37,12-34-14-31-13-33-34)20-9-8-19(28)10-21(20)29/h4-11,13-16,30,37H,3,12H2,1-2H3/t16-,27-/m1/s1. The summed E-state index contributed by atoms with van der Waals surface area (Å²) in [6, 6.07) is 10.9. The second-order valence-corrected chi connectivity index (χ2v) is 9.99. The molecule has 3 aromatic heterocycles. The van der Waals surface area contributed by atoms with E-state index in [9.17, 15) is 18.7 Å². The van der Waals surface area contributed by atoms with E-state index in [-0.39, 0.29) is 18.0 Å². The number of fused-ring (bicyclic) bond motifs is 1. The largest absolute Gasteiger partial charge is 0.478 e. The molecule has 2 N–H and O–H groups in total. The first-order valence-corrected chi connectivity index (χ1v) is 12.9. The smallest absolute Gasteiger partial charge is 0.271 e. The Morgan fingerprint density at radius 2 is 1.95 bits per heavy atom. The molecule has 0 radical (unpaired) electrons. The molecular weight excluding hydrogens is 526 g/mol. The van der Waals surface area contributed by atoms with Crippen LogP contribution in [-0.4, -0.2) is 41.9 Å². The number of nitrogens with one attached hydrogen (secondary N) is 1. The summed E-state index contributed by atoms with van der Waals surface area (Å²) in [6.07, 6.45) is 3.94. The fourth-order valence-corrected chi connectivity index (χ4v) is 5.48. The number of hydrogen-bond acceptors (Lipinski definition) is 8. The Morgan fingerprint density at radius 1 is 1.18 bits per heavy atom. The molecular formula is C27H24F2N6O3S. The summed E-state index contributed by atoms with van der Waals surface area (Å²) in [5.74, 6) is -1.66. The van der Waals surface area contributed by atoms with Gasteiger partial charge in [-0.2, -0.15) is 5.10 Å². The lowest BCUT2D eigenvalue weighted by molar-refractivity contribution is -0.0343. The summed E-state index contributed by atoms with van der Waals surface area (Å²) < 4.78 is 36.8. The highest BCUT2D eigenvalue weighted by atomic mass is 32.1. The van der Waals surface area contributed by atoms with Gasteiger partial charge in [0.2, 0.25) is 5.90 Å². The molecule has 5 aromatic rings. The van der Waals surface area contributed by atoms with Crippen LogP contribution in [0.1, 0.15) is 31.0 Å². The Balaban J connectivity index is 1.55. The third-order valence-corrected chi connectivity index (χ3v) is 7.72. The quantitative estimate of drug-likeness (QED) is 0.217. The molecule has 0 saturated heterocycles. The molecule has 12 heteroatoms. The summed E-state index contributed by atoms with van der Waals surface area (Å²) >= 11 is 1.24. The minimum atomic E-state index is -2.01. The average Bonchev–Trinajstić information content (AvgIpc) is 3.59. The van der Waals surface area contributed by atoms with Gasteiger partial charge in [-0.05, 0) is 43.7 Å². The van der Waals surface area contributed by atoms with Crippen LogP contribution in [0.15, 0.2) is 72.3 Å². The lowest BCUT2D eigenvalue weighted by Crippen LogP contribution is -2.43. The Kier molecular flexibility index (Phi) is 7.06. The molecule has 3 heterocycles. The molecule has 39 heavy (non-hydrogen) atoms. The molecule has 0 spiro atoms. The number of nitrogens with zero attached hydrogens (tertiary/aromatic N) is 5. The van der Waals surface area contributed by atoms with Crippen molar-refractivity contribution in [2.24, 2.45) is 0 Å². The van der Waals surface area contributed by atoms with Crippen molar-refractivity contribution in [3.8, 4) is 10.4 Å². The highest BCUT2D eigenvalue weighted by Crippen LogP contribution is 2.37. The van der Waals surface area contributed by atoms with E-state index in [1.165, 1.54) is 39.6 Å². The van der Waals surface area contributed by atoms with Crippen LogP contribution < -0.4 is 5.56 Å². The number of halogens is 2. The first kappa shape index (κ1) is 26.3. The van der Waals surface area contributed by atoms with Gasteiger partial charge in [-0.3, -0.25) is 14.8 Å². The van der Waals surface area contributed by atoms with Crippen molar-refractivity contribution in [1.82, 2.24) is 24.3 Å². The van der Waals surface area contributed by atoms with Crippen molar-refractivity contribution in [3.05, 3.63) is 101 Å². The molecule has 2 aromatic carbocycles. The molecule has 0 fully saturated rings. The predicted octanol–water partition coefficient (Wildman–Crippen LogP) is 4.51. The van der Waals surface area contributed by atoms with E-state index in [1.54, 1.807) is 25.1 Å². The van der Waals surface area contributed by atoms with Crippen molar-refractivity contribution in [2.45, 2.75) is 32.0 Å². The van der Waals surface area contributed by atoms with Gasteiger partial charge in [0.25, 0.3) is 5.56 Å². The second-order valence-electron chi connectivity index (χ2n) is 8.94. The van der Waals surface area contributed by atoms with Crippen LogP contribution in [0.5, 0.6) is 0 Å². The van der Waals surface area contributed by atoms with Gasteiger partial charge in [-0.15, -0.1) is 11.3 Å². The van der Waals surface area contributed by atoms with Crippen LogP contribution in [0, 0.1) is 17.0 Å². The minimum Gasteiger partial charge on any atom is -0.478 e. The Morgan fingerprint density at radius 3 is 2.62 bits per heavy atom. The molecule has 0 bridgehead atoms. The lowest BCUT2D eigenvalue weighted by atomic mass is 9.86. The van der Waals surface area contributed by atoms with Gasteiger partial charge in [-0.1, -0.05) is 18.2 Å². The van der Waals surface area contributed by atoms with Crippen LogP contribution in [0.2, 0.25) is 0 Å². The predicted molar refractivity (Wildman–Crippen MR) is 143 cm³/mol. The van der Waals surface area contributed by atoms with Gasteiger partial charge >= 0.3 is 0 Å². The fraction of sp³-hybridized carbons (Fsp3) is 0.222. The molecule has 5 rings (SSSR count). The molecule has 0 aliphatic rings. The summed E-state index contributed by atoms with van der Waals surface area (Å²) in [5, 5.41) is 23.8. The monoisotopic (exact) mass is 550 g/mol. The average molecular weight is 551 g/mol. The van der Waals surface area contributed by atoms with E-state index in [2.05, 4.69) is 15.1 Å². The molecule has 0 unspecified atom stereocenters. The van der Waals surface area contributed by atoms with Gasteiger partial charge in [0.1, 0.15) is 34.6 Å². The normalized spacial score (nSPS) is 13.8. The zero-order valence-electron chi connectivity index (χ0n) is 21.0. The molecule has 2 atom stereocenters. The summed E-state index contributed by atoms with van der Waals surface area (Å²) in [5.41, 5.74) is -0.674. The fourth-order valence-electron chi connectivity index (χ4n) is 4.43. The van der Waals surface area contributed by atoms with Gasteiger partial charge in [0, 0.05) is 22.1 Å². The van der Waals surface area contributed by atoms with Crippen molar-refractivity contribution in [2.75, 3.05) is 6.61 Å². The van der Waals surface area contributed by atoms with Crippen LogP contribution in [-0.2, 0) is 16.9 Å². The first-order chi connectivity index (χ1) is 18.7. The summed E-state index contributed by atoms with van der Waals surface area (Å²) in [7, 11) is 0. The number of aliphatic hydroxyl groups is 1. The van der Waals surface area contributed by atoms with E-state index in [0.717, 1.165) is 22.6 Å². The number of benzene rings is 2. The van der Waals surface area contributed by atoms with E-state index < -0.39 is 28.8 Å². The lowest BCUT2D eigenvalue weighted by Gasteiger charge is -2.35. The van der Waals surface area contributed by atoms with Gasteiger partial charge in [0.05, 0.1) is 31.0 Å². The maximum absolute atomic E-state index is 14.9. The second kappa shape index (κ2) is 10.5. The van der Waals surface area contributed by atoms with E-state index in [1.807, 2.05) is 19.1 Å². The van der Waals surface area contributed by atoms with Crippen molar-refractivity contribution >= 4 is 27.5 Å². The topological polar surface area (TPSA) is 119 Å². The zero-order chi connectivity index (χ0) is 27.7. The zero-order valence-corrected chi connectivity index (χ0v) is 21.8. The SMILES string of the molecule is CCOC(=N)c1ccc(-c2cc3ncn([C@H](C)[C@](O)(Cn4cncn4)c4ccc(F)cc4F)c(=O)c3s2)cc1. The van der Waals surface area contributed by atoms with Crippen LogP contribution in [0.25, 0.3) is 20.7 Å². The van der Waals surface area contributed by atoms with Crippen molar-refractivity contribution in [1.29, 1.82) is 5.41 Å². The number of hydrogen-bond donors (Lipinski definition) is 2. The third-order valence-electron chi connectivity index (χ3n) is 6.56. The number of ether oxygens (including phenoxy) is 1. The highest BCUT2D eigenvalue weighted by Gasteiger charge is 2.41. The third kappa shape index (κ3) is 4.95. The molecule has 0 aliphatic carbocycles. The number of aromatic nitrogens is 5. The molecule has 0 amide bonds. The van der Waals surface area contributed by atoms with Crippen molar-refractivity contribution in [3.63, 3.8) is 0 Å². The minimum absolute atomic E-state index is 0.0786. The Labute approximate surface area is 225 Å². The maximum atomic E-state index is 14.9. The van der Waals surface area contributed by atoms with Crippen LogP contribution >= 0.6 is 11.3 Å². The summed E-state index contributed by atoms with van der Waals surface area (Å²) in [4.78, 5) is 22.7. The first-order valence-electron chi connectivity index (χ1n) is 12.0. The molecule has 200 valence electrons. The highest BCUT2D eigenvalue weighted by molar-refractivity contribution is 7.22. The molecule has 0 saturated carbocycles. The summed E-state index contributed by atoms with van der Waals surface area (Å²) in [6.45, 7) is 3.52. The Bertz CT molecular complexity index is 1700. The van der Waals surface area contributed by atoms with Crippen molar-refractivity contribution < 1.29 is 18.6 Å². The van der Waals surface area contributed by atoms with E-state index in [4.69, 9.17) is 10.1 Å². The van der Waals surface area contributed by atoms with Gasteiger partial charge in [-0.25, -0.2) is 23.4 Å². The number of thiophene rings is 1. The molecule has 0 aliphatic heterocycles. The Hall–Kier alpha value is -4.29. The van der Waals surface area contributed by atoms with E-state index in [0.29, 0.717) is 28.5 Å². The molecule has 9 nitrogen and oxygen atoms in total. The van der Waals surface area contributed by atoms with Crippen LogP contribution in [0.3, 0.4) is 0 Å². The van der Waals surface area contributed by atoms with E-state index >= 15 is 0 Å². The maximum Gasteiger partial charge on any atom is 0.271 e. The van der Waals surface area contributed by atoms with Gasteiger partial charge in [0.15, 0.2) is 0 Å².